The van der Waals surface area contributed by atoms with Crippen molar-refractivity contribution in [3.63, 3.8) is 0 Å². The van der Waals surface area contributed by atoms with Gasteiger partial charge in [0, 0.05) is 17.6 Å². The molecule has 3 N–H and O–H groups in total. The van der Waals surface area contributed by atoms with E-state index in [0.717, 1.165) is 22.7 Å². The molecule has 1 aromatic heterocycles. The first kappa shape index (κ1) is 11.5. The minimum absolute atomic E-state index is 0.0200. The van der Waals surface area contributed by atoms with E-state index in [2.05, 4.69) is 0 Å². The second-order valence-corrected chi connectivity index (χ2v) is 3.87. The molecule has 0 aliphatic carbocycles. The Labute approximate surface area is 100 Å². The first-order valence-corrected chi connectivity index (χ1v) is 5.49. The SMILES string of the molecule is Cc1cc(-n2ccc(OCCO)c2)ccc1N. The Bertz CT molecular complexity index is 506. The maximum atomic E-state index is 8.67. The molecule has 0 fully saturated rings. The van der Waals surface area contributed by atoms with Crippen molar-refractivity contribution in [2.45, 2.75) is 6.92 Å². The summed E-state index contributed by atoms with van der Waals surface area (Å²) in [4.78, 5) is 0. The first-order valence-electron chi connectivity index (χ1n) is 5.49. The number of hydrogen-bond donors (Lipinski definition) is 2. The number of benzene rings is 1. The lowest BCUT2D eigenvalue weighted by molar-refractivity contribution is 0.201. The van der Waals surface area contributed by atoms with Crippen LogP contribution in [0.2, 0.25) is 0 Å². The highest BCUT2D eigenvalue weighted by Crippen LogP contribution is 2.19. The second kappa shape index (κ2) is 4.93. The van der Waals surface area contributed by atoms with Gasteiger partial charge in [0.25, 0.3) is 0 Å². The van der Waals surface area contributed by atoms with Gasteiger partial charge in [0.05, 0.1) is 12.8 Å². The number of nitrogens with zero attached hydrogens (tertiary/aromatic N) is 1. The first-order chi connectivity index (χ1) is 8.20. The molecule has 0 aliphatic heterocycles. The Morgan fingerprint density at radius 1 is 1.35 bits per heavy atom. The van der Waals surface area contributed by atoms with E-state index in [4.69, 9.17) is 15.6 Å². The van der Waals surface area contributed by atoms with E-state index in [1.165, 1.54) is 0 Å². The number of aromatic nitrogens is 1. The maximum absolute atomic E-state index is 8.67. The normalized spacial score (nSPS) is 10.5. The van der Waals surface area contributed by atoms with Crippen LogP contribution in [0.1, 0.15) is 5.56 Å². The molecule has 0 amide bonds. The Morgan fingerprint density at radius 3 is 2.88 bits per heavy atom. The van der Waals surface area contributed by atoms with Gasteiger partial charge in [0.2, 0.25) is 0 Å². The third-order valence-corrected chi connectivity index (χ3v) is 2.58. The fraction of sp³-hybridized carbons (Fsp3) is 0.231. The molecule has 2 aromatic rings. The molecule has 2 rings (SSSR count). The molecule has 0 unspecified atom stereocenters. The van der Waals surface area contributed by atoms with Gasteiger partial charge in [-0.25, -0.2) is 0 Å². The van der Waals surface area contributed by atoms with Crippen molar-refractivity contribution >= 4 is 5.69 Å². The maximum Gasteiger partial charge on any atom is 0.137 e. The topological polar surface area (TPSA) is 60.4 Å². The Morgan fingerprint density at radius 2 is 2.18 bits per heavy atom. The van der Waals surface area contributed by atoms with Crippen LogP contribution in [-0.4, -0.2) is 22.9 Å². The van der Waals surface area contributed by atoms with Crippen LogP contribution in [-0.2, 0) is 0 Å². The zero-order chi connectivity index (χ0) is 12.3. The van der Waals surface area contributed by atoms with Gasteiger partial charge < -0.3 is 20.1 Å². The van der Waals surface area contributed by atoms with Crippen LogP contribution < -0.4 is 10.5 Å². The van der Waals surface area contributed by atoms with Gasteiger partial charge >= 0.3 is 0 Å². The third kappa shape index (κ3) is 2.60. The summed E-state index contributed by atoms with van der Waals surface area (Å²) in [7, 11) is 0. The van der Waals surface area contributed by atoms with E-state index in [9.17, 15) is 0 Å². The summed E-state index contributed by atoms with van der Waals surface area (Å²) in [6.45, 7) is 2.31. The minimum atomic E-state index is 0.0200. The fourth-order valence-electron chi connectivity index (χ4n) is 1.61. The fourth-order valence-corrected chi connectivity index (χ4v) is 1.61. The van der Waals surface area contributed by atoms with Gasteiger partial charge in [-0.1, -0.05) is 0 Å². The Kier molecular flexibility index (Phi) is 3.35. The number of aliphatic hydroxyl groups excluding tert-OH is 1. The van der Waals surface area contributed by atoms with Crippen molar-refractivity contribution in [2.75, 3.05) is 18.9 Å². The van der Waals surface area contributed by atoms with Gasteiger partial charge in [0.15, 0.2) is 0 Å². The number of hydrogen-bond acceptors (Lipinski definition) is 3. The monoisotopic (exact) mass is 232 g/mol. The predicted octanol–water partition coefficient (Wildman–Crippen LogP) is 1.74. The van der Waals surface area contributed by atoms with Crippen molar-refractivity contribution in [3.8, 4) is 11.4 Å². The van der Waals surface area contributed by atoms with Crippen molar-refractivity contribution in [2.24, 2.45) is 0 Å². The molecule has 17 heavy (non-hydrogen) atoms. The van der Waals surface area contributed by atoms with Crippen LogP contribution >= 0.6 is 0 Å². The van der Waals surface area contributed by atoms with Crippen molar-refractivity contribution in [3.05, 3.63) is 42.2 Å². The van der Waals surface area contributed by atoms with Crippen molar-refractivity contribution in [1.82, 2.24) is 4.57 Å². The smallest absolute Gasteiger partial charge is 0.137 e. The number of rotatable bonds is 4. The number of aliphatic hydroxyl groups is 1. The number of aryl methyl sites for hydroxylation is 1. The Balaban J connectivity index is 2.21. The molecule has 0 bridgehead atoms. The van der Waals surface area contributed by atoms with Crippen LogP contribution in [0.4, 0.5) is 5.69 Å². The molecule has 4 heteroatoms. The molecule has 0 atom stereocenters. The summed E-state index contributed by atoms with van der Waals surface area (Å²) in [6, 6.07) is 7.73. The van der Waals surface area contributed by atoms with Crippen LogP contribution in [0.3, 0.4) is 0 Å². The summed E-state index contributed by atoms with van der Waals surface area (Å²) in [5, 5.41) is 8.67. The lowest BCUT2D eigenvalue weighted by atomic mass is 10.2. The third-order valence-electron chi connectivity index (χ3n) is 2.58. The number of anilines is 1. The lowest BCUT2D eigenvalue weighted by Gasteiger charge is -2.06. The summed E-state index contributed by atoms with van der Waals surface area (Å²) in [5.74, 6) is 0.744. The summed E-state index contributed by atoms with van der Waals surface area (Å²) in [5.41, 5.74) is 8.65. The van der Waals surface area contributed by atoms with Crippen LogP contribution in [0, 0.1) is 6.92 Å². The summed E-state index contributed by atoms with van der Waals surface area (Å²) in [6.07, 6.45) is 3.79. The van der Waals surface area contributed by atoms with Crippen molar-refractivity contribution < 1.29 is 9.84 Å². The van der Waals surface area contributed by atoms with Gasteiger partial charge in [-0.3, -0.25) is 0 Å². The average Bonchev–Trinajstić information content (AvgIpc) is 2.79. The van der Waals surface area contributed by atoms with Crippen molar-refractivity contribution in [1.29, 1.82) is 0 Å². The molecule has 0 saturated carbocycles. The van der Waals surface area contributed by atoms with E-state index < -0.39 is 0 Å². The number of ether oxygens (including phenoxy) is 1. The molecule has 1 heterocycles. The molecule has 4 nitrogen and oxygen atoms in total. The van der Waals surface area contributed by atoms with Gasteiger partial charge in [-0.15, -0.1) is 0 Å². The molecule has 0 spiro atoms. The molecule has 0 radical (unpaired) electrons. The minimum Gasteiger partial charge on any atom is -0.490 e. The van der Waals surface area contributed by atoms with E-state index >= 15 is 0 Å². The summed E-state index contributed by atoms with van der Waals surface area (Å²) >= 11 is 0. The highest BCUT2D eigenvalue weighted by atomic mass is 16.5. The van der Waals surface area contributed by atoms with Crippen LogP contribution in [0.5, 0.6) is 5.75 Å². The molecular weight excluding hydrogens is 216 g/mol. The molecule has 0 saturated heterocycles. The van der Waals surface area contributed by atoms with E-state index in [-0.39, 0.29) is 6.61 Å². The Hall–Kier alpha value is -1.94. The molecular formula is C13H16N2O2. The zero-order valence-electron chi connectivity index (χ0n) is 9.76. The van der Waals surface area contributed by atoms with Gasteiger partial charge in [-0.2, -0.15) is 0 Å². The number of nitrogen functional groups attached to an aromatic ring is 1. The molecule has 90 valence electrons. The quantitative estimate of drug-likeness (QED) is 0.789. The molecule has 1 aromatic carbocycles. The summed E-state index contributed by atoms with van der Waals surface area (Å²) < 4.78 is 7.27. The van der Waals surface area contributed by atoms with Gasteiger partial charge in [0.1, 0.15) is 12.4 Å². The van der Waals surface area contributed by atoms with Crippen LogP contribution in [0.15, 0.2) is 36.7 Å². The van der Waals surface area contributed by atoms with E-state index in [1.54, 1.807) is 0 Å². The largest absolute Gasteiger partial charge is 0.490 e. The zero-order valence-corrected chi connectivity index (χ0v) is 9.76. The van der Waals surface area contributed by atoms with E-state index in [0.29, 0.717) is 6.61 Å². The number of nitrogens with two attached hydrogens (primary N) is 1. The highest BCUT2D eigenvalue weighted by Gasteiger charge is 2.01. The predicted molar refractivity (Wildman–Crippen MR) is 67.5 cm³/mol. The second-order valence-electron chi connectivity index (χ2n) is 3.87. The van der Waals surface area contributed by atoms with Crippen LogP contribution in [0.25, 0.3) is 5.69 Å². The van der Waals surface area contributed by atoms with Gasteiger partial charge in [-0.05, 0) is 36.8 Å². The average molecular weight is 232 g/mol. The standard InChI is InChI=1S/C13H16N2O2/c1-10-8-11(2-3-13(10)14)15-5-4-12(9-15)17-7-6-16/h2-5,8-9,16H,6-7,14H2,1H3. The van der Waals surface area contributed by atoms with E-state index in [1.807, 2.05) is 48.1 Å². The highest BCUT2D eigenvalue weighted by molar-refractivity contribution is 5.52. The molecule has 0 aliphatic rings. The lowest BCUT2D eigenvalue weighted by Crippen LogP contribution is -2.00.